The number of hydrogen-bond acceptors (Lipinski definition) is 4. The van der Waals surface area contributed by atoms with Crippen LogP contribution < -0.4 is 10.1 Å². The van der Waals surface area contributed by atoms with E-state index in [9.17, 15) is 4.39 Å². The number of aliphatic hydroxyl groups excluding tert-OH is 1. The van der Waals surface area contributed by atoms with Crippen molar-refractivity contribution in [3.05, 3.63) is 84.7 Å². The number of benzene rings is 3. The average molecular weight is 360 g/mol. The Labute approximate surface area is 155 Å². The fourth-order valence-electron chi connectivity index (χ4n) is 2.91. The Kier molecular flexibility index (Phi) is 4.68. The molecule has 0 unspecified atom stereocenters. The molecular formula is C22H17FN2O2. The molecule has 4 rings (SSSR count). The van der Waals surface area contributed by atoms with Crippen LogP contribution in [0.1, 0.15) is 0 Å². The lowest BCUT2D eigenvalue weighted by Gasteiger charge is -2.12. The van der Waals surface area contributed by atoms with Crippen molar-refractivity contribution in [1.29, 1.82) is 0 Å². The van der Waals surface area contributed by atoms with Crippen molar-refractivity contribution >= 4 is 22.3 Å². The summed E-state index contributed by atoms with van der Waals surface area (Å²) in [5.41, 5.74) is 2.45. The van der Waals surface area contributed by atoms with Crippen molar-refractivity contribution < 1.29 is 14.2 Å². The van der Waals surface area contributed by atoms with Crippen molar-refractivity contribution in [2.45, 2.75) is 0 Å². The van der Waals surface area contributed by atoms with Gasteiger partial charge in [-0.15, -0.1) is 0 Å². The minimum Gasteiger partial charge on any atom is -0.468 e. The molecule has 0 radical (unpaired) electrons. The zero-order valence-electron chi connectivity index (χ0n) is 14.4. The second-order valence-corrected chi connectivity index (χ2v) is 6.01. The van der Waals surface area contributed by atoms with Gasteiger partial charge in [0, 0.05) is 16.6 Å². The van der Waals surface area contributed by atoms with E-state index in [1.807, 2.05) is 42.5 Å². The number of nitrogens with zero attached hydrogens (tertiary/aromatic N) is 1. The fraction of sp³-hybridized carbons (Fsp3) is 0.0455. The third kappa shape index (κ3) is 3.73. The van der Waals surface area contributed by atoms with Crippen LogP contribution in [0.5, 0.6) is 5.75 Å². The van der Waals surface area contributed by atoms with E-state index >= 15 is 0 Å². The smallest absolute Gasteiger partial charge is 0.186 e. The summed E-state index contributed by atoms with van der Waals surface area (Å²) in [5, 5.41) is 14.2. The second kappa shape index (κ2) is 7.43. The maximum absolute atomic E-state index is 13.3. The normalized spacial score (nSPS) is 10.7. The van der Waals surface area contributed by atoms with Crippen LogP contribution in [0, 0.1) is 5.82 Å². The van der Waals surface area contributed by atoms with Crippen molar-refractivity contribution in [3.8, 4) is 17.0 Å². The molecule has 0 amide bonds. The number of halogens is 1. The molecule has 0 spiro atoms. The maximum atomic E-state index is 13.3. The van der Waals surface area contributed by atoms with Gasteiger partial charge in [-0.25, -0.2) is 9.37 Å². The Bertz CT molecular complexity index is 1060. The SMILES string of the molecule is OCOc1ccc(Nc2nc(-c3ccc(F)cc3)cc3ccccc23)cc1. The van der Waals surface area contributed by atoms with Crippen LogP contribution in [0.3, 0.4) is 0 Å². The molecule has 0 saturated carbocycles. The number of fused-ring (bicyclic) bond motifs is 1. The predicted molar refractivity (Wildman–Crippen MR) is 105 cm³/mol. The Morgan fingerprint density at radius 2 is 1.67 bits per heavy atom. The third-order valence-corrected chi connectivity index (χ3v) is 4.23. The molecular weight excluding hydrogens is 343 g/mol. The van der Waals surface area contributed by atoms with Crippen molar-refractivity contribution in [1.82, 2.24) is 4.98 Å². The summed E-state index contributed by atoms with van der Waals surface area (Å²) in [6.45, 7) is -0.362. The molecule has 1 heterocycles. The Hall–Kier alpha value is -3.44. The molecule has 1 aromatic heterocycles. The molecule has 4 nitrogen and oxygen atoms in total. The number of aromatic nitrogens is 1. The number of anilines is 2. The van der Waals surface area contributed by atoms with E-state index in [-0.39, 0.29) is 12.6 Å². The summed E-state index contributed by atoms with van der Waals surface area (Å²) in [7, 11) is 0. The summed E-state index contributed by atoms with van der Waals surface area (Å²) in [4.78, 5) is 4.75. The minimum atomic E-state index is -0.362. The molecule has 134 valence electrons. The number of pyridine rings is 1. The number of hydrogen-bond donors (Lipinski definition) is 2. The first-order valence-corrected chi connectivity index (χ1v) is 8.49. The third-order valence-electron chi connectivity index (χ3n) is 4.23. The van der Waals surface area contributed by atoms with Gasteiger partial charge in [0.2, 0.25) is 0 Å². The zero-order chi connectivity index (χ0) is 18.6. The first-order valence-electron chi connectivity index (χ1n) is 8.49. The molecule has 0 bridgehead atoms. The van der Waals surface area contributed by atoms with Crippen LogP contribution in [-0.2, 0) is 0 Å². The molecule has 3 aromatic carbocycles. The summed E-state index contributed by atoms with van der Waals surface area (Å²) in [5.74, 6) is 1.02. The van der Waals surface area contributed by atoms with E-state index in [1.165, 1.54) is 12.1 Å². The Morgan fingerprint density at radius 3 is 2.41 bits per heavy atom. The second-order valence-electron chi connectivity index (χ2n) is 6.01. The highest BCUT2D eigenvalue weighted by Gasteiger charge is 2.08. The topological polar surface area (TPSA) is 54.4 Å². The van der Waals surface area contributed by atoms with Crippen molar-refractivity contribution in [2.75, 3.05) is 12.1 Å². The van der Waals surface area contributed by atoms with Crippen LogP contribution >= 0.6 is 0 Å². The van der Waals surface area contributed by atoms with Crippen LogP contribution in [0.25, 0.3) is 22.0 Å². The number of ether oxygens (including phenoxy) is 1. The largest absolute Gasteiger partial charge is 0.468 e. The van der Waals surface area contributed by atoms with Gasteiger partial charge in [-0.1, -0.05) is 24.3 Å². The van der Waals surface area contributed by atoms with Crippen molar-refractivity contribution in [3.63, 3.8) is 0 Å². The minimum absolute atomic E-state index is 0.275. The lowest BCUT2D eigenvalue weighted by molar-refractivity contribution is 0.0985. The summed E-state index contributed by atoms with van der Waals surface area (Å²) in [6, 6.07) is 23.5. The van der Waals surface area contributed by atoms with Gasteiger partial charge in [-0.2, -0.15) is 0 Å². The van der Waals surface area contributed by atoms with E-state index in [1.54, 1.807) is 24.3 Å². The highest BCUT2D eigenvalue weighted by molar-refractivity contribution is 5.95. The summed E-state index contributed by atoms with van der Waals surface area (Å²) >= 11 is 0. The van der Waals surface area contributed by atoms with Gasteiger partial charge >= 0.3 is 0 Å². The predicted octanol–water partition coefficient (Wildman–Crippen LogP) is 5.11. The highest BCUT2D eigenvalue weighted by atomic mass is 19.1. The van der Waals surface area contributed by atoms with E-state index in [2.05, 4.69) is 5.32 Å². The zero-order valence-corrected chi connectivity index (χ0v) is 14.4. The van der Waals surface area contributed by atoms with Gasteiger partial charge in [0.1, 0.15) is 17.4 Å². The number of nitrogens with one attached hydrogen (secondary N) is 1. The Morgan fingerprint density at radius 1 is 0.926 bits per heavy atom. The van der Waals surface area contributed by atoms with E-state index in [0.29, 0.717) is 11.6 Å². The number of aliphatic hydroxyl groups is 1. The highest BCUT2D eigenvalue weighted by Crippen LogP contribution is 2.30. The fourth-order valence-corrected chi connectivity index (χ4v) is 2.91. The molecule has 0 aliphatic carbocycles. The molecule has 0 saturated heterocycles. The monoisotopic (exact) mass is 360 g/mol. The van der Waals surface area contributed by atoms with Crippen LogP contribution in [-0.4, -0.2) is 16.9 Å². The van der Waals surface area contributed by atoms with Crippen LogP contribution in [0.4, 0.5) is 15.9 Å². The average Bonchev–Trinajstić information content (AvgIpc) is 2.70. The molecule has 5 heteroatoms. The van der Waals surface area contributed by atoms with E-state index in [0.717, 1.165) is 27.7 Å². The summed E-state index contributed by atoms with van der Waals surface area (Å²) in [6.07, 6.45) is 0. The van der Waals surface area contributed by atoms with Gasteiger partial charge < -0.3 is 15.2 Å². The quantitative estimate of drug-likeness (QED) is 0.486. The van der Waals surface area contributed by atoms with Crippen LogP contribution in [0.15, 0.2) is 78.9 Å². The molecule has 0 fully saturated rings. The molecule has 4 aromatic rings. The molecule has 27 heavy (non-hydrogen) atoms. The van der Waals surface area contributed by atoms with Gasteiger partial charge in [0.15, 0.2) is 6.79 Å². The standard InChI is InChI=1S/C22H17FN2O2/c23-17-7-5-15(6-8-17)21-13-16-3-1-2-4-20(16)22(25-21)24-18-9-11-19(12-10-18)27-14-26/h1-13,26H,14H2,(H,24,25). The summed E-state index contributed by atoms with van der Waals surface area (Å²) < 4.78 is 18.3. The van der Waals surface area contributed by atoms with Gasteiger partial charge in [-0.3, -0.25) is 0 Å². The molecule has 0 atom stereocenters. The maximum Gasteiger partial charge on any atom is 0.186 e. The lowest BCUT2D eigenvalue weighted by Crippen LogP contribution is -1.98. The van der Waals surface area contributed by atoms with Gasteiger partial charge in [-0.05, 0) is 60.0 Å². The Balaban J connectivity index is 1.75. The molecule has 2 N–H and O–H groups in total. The van der Waals surface area contributed by atoms with E-state index in [4.69, 9.17) is 14.8 Å². The first kappa shape index (κ1) is 17.0. The number of rotatable bonds is 5. The van der Waals surface area contributed by atoms with Crippen LogP contribution in [0.2, 0.25) is 0 Å². The molecule has 0 aliphatic heterocycles. The van der Waals surface area contributed by atoms with Crippen molar-refractivity contribution in [2.24, 2.45) is 0 Å². The molecule has 0 aliphatic rings. The van der Waals surface area contributed by atoms with E-state index < -0.39 is 0 Å². The lowest BCUT2D eigenvalue weighted by atomic mass is 10.1. The first-order chi connectivity index (χ1) is 13.2. The van der Waals surface area contributed by atoms with Gasteiger partial charge in [0.05, 0.1) is 5.69 Å². The van der Waals surface area contributed by atoms with Gasteiger partial charge in [0.25, 0.3) is 0 Å².